The Morgan fingerprint density at radius 2 is 1.97 bits per heavy atom. The number of aryl methyl sites for hydroxylation is 2. The molecule has 1 aliphatic rings. The van der Waals surface area contributed by atoms with Gasteiger partial charge in [-0.15, -0.1) is 0 Å². The van der Waals surface area contributed by atoms with Gasteiger partial charge in [0.15, 0.2) is 0 Å². The Morgan fingerprint density at radius 3 is 2.81 bits per heavy atom. The van der Waals surface area contributed by atoms with Gasteiger partial charge in [0.05, 0.1) is 30.0 Å². The highest BCUT2D eigenvalue weighted by Crippen LogP contribution is 2.37. The zero-order chi connectivity index (χ0) is 22.2. The summed E-state index contributed by atoms with van der Waals surface area (Å²) in [7, 11) is 1.39. The molecule has 160 valence electrons. The Bertz CT molecular complexity index is 1380. The second-order valence-electron chi connectivity index (χ2n) is 8.11. The summed E-state index contributed by atoms with van der Waals surface area (Å²) >= 11 is 0. The molecule has 0 amide bonds. The number of nitrogens with zero attached hydrogens (tertiary/aromatic N) is 2. The summed E-state index contributed by atoms with van der Waals surface area (Å²) in [5, 5.41) is 0. The highest BCUT2D eigenvalue weighted by molar-refractivity contribution is 5.93. The van der Waals surface area contributed by atoms with Gasteiger partial charge in [-0.2, -0.15) is 0 Å². The van der Waals surface area contributed by atoms with E-state index in [1.807, 2.05) is 30.6 Å². The predicted molar refractivity (Wildman–Crippen MR) is 125 cm³/mol. The van der Waals surface area contributed by atoms with Gasteiger partial charge in [0.2, 0.25) is 0 Å². The number of carbonyl (C=O) groups is 1. The molecule has 4 aromatic rings. The minimum Gasteiger partial charge on any atom is -0.488 e. The number of ether oxygens (including phenoxy) is 2. The van der Waals surface area contributed by atoms with Crippen LogP contribution in [0.15, 0.2) is 67.0 Å². The second-order valence-corrected chi connectivity index (χ2v) is 8.11. The fraction of sp³-hybridized carbons (Fsp3) is 0.185. The van der Waals surface area contributed by atoms with Gasteiger partial charge in [-0.25, -0.2) is 9.78 Å². The van der Waals surface area contributed by atoms with E-state index < -0.39 is 0 Å². The lowest BCUT2D eigenvalue weighted by molar-refractivity contribution is 0.0600. The molecule has 0 aliphatic carbocycles. The summed E-state index contributed by atoms with van der Waals surface area (Å²) < 4.78 is 13.2. The molecule has 0 N–H and O–H groups in total. The number of hydrogen-bond donors (Lipinski definition) is 0. The molecule has 3 aromatic carbocycles. The first-order valence-corrected chi connectivity index (χ1v) is 10.6. The molecule has 5 nitrogen and oxygen atoms in total. The summed E-state index contributed by atoms with van der Waals surface area (Å²) in [4.78, 5) is 16.8. The highest BCUT2D eigenvalue weighted by atomic mass is 16.5. The number of benzene rings is 3. The molecule has 0 fully saturated rings. The van der Waals surface area contributed by atoms with Gasteiger partial charge in [0, 0.05) is 12.1 Å². The van der Waals surface area contributed by atoms with E-state index >= 15 is 0 Å². The molecule has 0 radical (unpaired) electrons. The normalized spacial score (nSPS) is 13.9. The van der Waals surface area contributed by atoms with E-state index in [4.69, 9.17) is 9.47 Å². The van der Waals surface area contributed by atoms with Crippen molar-refractivity contribution in [2.45, 2.75) is 27.0 Å². The minimum absolute atomic E-state index is 0.365. The van der Waals surface area contributed by atoms with Gasteiger partial charge in [0.1, 0.15) is 12.4 Å². The maximum absolute atomic E-state index is 12.2. The standard InChI is InChI=1S/C27H24N2O3/c1-17-12-18(2)26-24(13-17)29(16-28-26)11-10-22-21-7-5-4-6-20(21)15-32-25-9-8-19(14-23(22)25)27(30)31-3/h4-10,12-14,16H,11,15H2,1-3H3. The first-order valence-electron chi connectivity index (χ1n) is 10.6. The van der Waals surface area contributed by atoms with Crippen LogP contribution < -0.4 is 4.74 Å². The monoisotopic (exact) mass is 424 g/mol. The first-order chi connectivity index (χ1) is 15.5. The van der Waals surface area contributed by atoms with E-state index in [2.05, 4.69) is 53.7 Å². The molecule has 1 aromatic heterocycles. The van der Waals surface area contributed by atoms with Crippen LogP contribution in [0.4, 0.5) is 0 Å². The Labute approximate surface area is 186 Å². The van der Waals surface area contributed by atoms with Gasteiger partial charge >= 0.3 is 5.97 Å². The van der Waals surface area contributed by atoms with Crippen molar-refractivity contribution >= 4 is 22.6 Å². The lowest BCUT2D eigenvalue weighted by Gasteiger charge is -2.12. The van der Waals surface area contributed by atoms with Crippen molar-refractivity contribution in [2.24, 2.45) is 0 Å². The van der Waals surface area contributed by atoms with Crippen LogP contribution in [0.2, 0.25) is 0 Å². The molecule has 5 rings (SSSR count). The van der Waals surface area contributed by atoms with Crippen molar-refractivity contribution in [2.75, 3.05) is 7.11 Å². The third-order valence-electron chi connectivity index (χ3n) is 5.93. The summed E-state index contributed by atoms with van der Waals surface area (Å²) in [6.45, 7) is 5.32. The fourth-order valence-corrected chi connectivity index (χ4v) is 4.39. The van der Waals surface area contributed by atoms with E-state index in [1.165, 1.54) is 18.2 Å². The van der Waals surface area contributed by atoms with Crippen LogP contribution in [0.5, 0.6) is 5.75 Å². The van der Waals surface area contributed by atoms with Gasteiger partial charge in [0.25, 0.3) is 0 Å². The molecule has 0 atom stereocenters. The number of esters is 1. The Kier molecular flexibility index (Phi) is 5.02. The van der Waals surface area contributed by atoms with Crippen molar-refractivity contribution in [3.05, 3.63) is 100 Å². The van der Waals surface area contributed by atoms with Crippen LogP contribution in [-0.2, 0) is 17.9 Å². The lowest BCUT2D eigenvalue weighted by atomic mass is 9.93. The quantitative estimate of drug-likeness (QED) is 0.410. The molecule has 0 bridgehead atoms. The van der Waals surface area contributed by atoms with Crippen LogP contribution in [0.25, 0.3) is 16.6 Å². The van der Waals surface area contributed by atoms with Gasteiger partial charge in [-0.1, -0.05) is 36.4 Å². The maximum atomic E-state index is 12.2. The summed E-state index contributed by atoms with van der Waals surface area (Å²) in [6, 6.07) is 18.0. The van der Waals surface area contributed by atoms with E-state index in [1.54, 1.807) is 6.07 Å². The molecular formula is C27H24N2O3. The SMILES string of the molecule is COC(=O)c1ccc2c(c1)C(=CCn1cnc3c(C)cc(C)cc31)c1ccccc1CO2. The summed E-state index contributed by atoms with van der Waals surface area (Å²) in [6.07, 6.45) is 4.07. The number of hydrogen-bond acceptors (Lipinski definition) is 4. The zero-order valence-corrected chi connectivity index (χ0v) is 18.4. The molecular weight excluding hydrogens is 400 g/mol. The van der Waals surface area contributed by atoms with E-state index in [0.29, 0.717) is 18.7 Å². The smallest absolute Gasteiger partial charge is 0.337 e. The topological polar surface area (TPSA) is 53.4 Å². The van der Waals surface area contributed by atoms with E-state index in [-0.39, 0.29) is 5.97 Å². The maximum Gasteiger partial charge on any atom is 0.337 e. The zero-order valence-electron chi connectivity index (χ0n) is 18.4. The Hall–Kier alpha value is -3.86. The van der Waals surface area contributed by atoms with Crippen molar-refractivity contribution in [1.29, 1.82) is 0 Å². The van der Waals surface area contributed by atoms with E-state index in [9.17, 15) is 4.79 Å². The third kappa shape index (κ3) is 3.46. The molecule has 0 spiro atoms. The van der Waals surface area contributed by atoms with Gasteiger partial charge in [-0.3, -0.25) is 0 Å². The fourth-order valence-electron chi connectivity index (χ4n) is 4.39. The molecule has 1 aliphatic heterocycles. The largest absolute Gasteiger partial charge is 0.488 e. The van der Waals surface area contributed by atoms with Crippen molar-refractivity contribution in [3.8, 4) is 5.75 Å². The molecule has 2 heterocycles. The molecule has 0 saturated heterocycles. The number of imidazole rings is 1. The summed E-state index contributed by atoms with van der Waals surface area (Å²) in [5.41, 5.74) is 9.15. The van der Waals surface area contributed by atoms with Crippen LogP contribution >= 0.6 is 0 Å². The van der Waals surface area contributed by atoms with Crippen LogP contribution in [0, 0.1) is 13.8 Å². The van der Waals surface area contributed by atoms with Crippen molar-refractivity contribution in [1.82, 2.24) is 9.55 Å². The van der Waals surface area contributed by atoms with Gasteiger partial charge < -0.3 is 14.0 Å². The number of allylic oxidation sites excluding steroid dienone is 1. The van der Waals surface area contributed by atoms with E-state index in [0.717, 1.165) is 39.0 Å². The first kappa shape index (κ1) is 20.1. The predicted octanol–water partition coefficient (Wildman–Crippen LogP) is 5.46. The number of fused-ring (bicyclic) bond motifs is 3. The molecule has 0 unspecified atom stereocenters. The van der Waals surface area contributed by atoms with Crippen LogP contribution in [-0.4, -0.2) is 22.6 Å². The number of rotatable bonds is 3. The average Bonchev–Trinajstić information content (AvgIpc) is 3.13. The molecule has 0 saturated carbocycles. The average molecular weight is 425 g/mol. The second kappa shape index (κ2) is 8.00. The van der Waals surface area contributed by atoms with Crippen LogP contribution in [0.3, 0.4) is 0 Å². The Balaban J connectivity index is 1.66. The number of carbonyl (C=O) groups excluding carboxylic acids is 1. The number of aromatic nitrogens is 2. The lowest BCUT2D eigenvalue weighted by Crippen LogP contribution is -2.03. The Morgan fingerprint density at radius 1 is 1.12 bits per heavy atom. The molecule has 32 heavy (non-hydrogen) atoms. The third-order valence-corrected chi connectivity index (χ3v) is 5.93. The summed E-state index contributed by atoms with van der Waals surface area (Å²) in [5.74, 6) is 0.388. The number of methoxy groups -OCH3 is 1. The minimum atomic E-state index is -0.365. The highest BCUT2D eigenvalue weighted by Gasteiger charge is 2.21. The molecule has 5 heteroatoms. The van der Waals surface area contributed by atoms with Crippen molar-refractivity contribution in [3.63, 3.8) is 0 Å². The van der Waals surface area contributed by atoms with Crippen LogP contribution in [0.1, 0.15) is 38.2 Å². The van der Waals surface area contributed by atoms with Crippen molar-refractivity contribution < 1.29 is 14.3 Å². The van der Waals surface area contributed by atoms with Gasteiger partial charge in [-0.05, 0) is 65.9 Å².